The van der Waals surface area contributed by atoms with Crippen molar-refractivity contribution < 1.29 is 28.5 Å². The standard InChI is InChI=1S/C25H20O6/c1-28-19-9-7-17(8-10-19)13-23-25(27)21-12-11-20(14-22(21)31-23)29-16-24(26)30-15-18-5-3-2-4-6-18/h2-14H,15-16H2,1H3/b23-13-. The highest BCUT2D eigenvalue weighted by Gasteiger charge is 2.27. The lowest BCUT2D eigenvalue weighted by Crippen LogP contribution is -2.14. The lowest BCUT2D eigenvalue weighted by atomic mass is 10.1. The Morgan fingerprint density at radius 1 is 0.968 bits per heavy atom. The molecule has 1 aliphatic heterocycles. The number of fused-ring (bicyclic) bond motifs is 1. The normalized spacial score (nSPS) is 13.5. The second-order valence-corrected chi connectivity index (χ2v) is 6.81. The summed E-state index contributed by atoms with van der Waals surface area (Å²) in [6.45, 7) is -0.0571. The Kier molecular flexibility index (Phi) is 5.98. The molecule has 0 N–H and O–H groups in total. The molecule has 0 amide bonds. The average Bonchev–Trinajstić information content (AvgIpc) is 3.12. The maximum absolute atomic E-state index is 12.6. The fraction of sp³-hybridized carbons (Fsp3) is 0.120. The van der Waals surface area contributed by atoms with Gasteiger partial charge in [-0.2, -0.15) is 0 Å². The number of carbonyl (C=O) groups is 2. The van der Waals surface area contributed by atoms with E-state index in [0.717, 1.165) is 16.9 Å². The number of Topliss-reactive ketones (excluding diaryl/α,β-unsaturated/α-hetero) is 1. The molecular weight excluding hydrogens is 396 g/mol. The van der Waals surface area contributed by atoms with Gasteiger partial charge in [-0.15, -0.1) is 0 Å². The van der Waals surface area contributed by atoms with Gasteiger partial charge in [-0.25, -0.2) is 4.79 Å². The molecule has 156 valence electrons. The van der Waals surface area contributed by atoms with Gasteiger partial charge in [0.15, 0.2) is 12.4 Å². The van der Waals surface area contributed by atoms with Gasteiger partial charge >= 0.3 is 5.97 Å². The molecule has 3 aromatic carbocycles. The molecule has 3 aromatic rings. The van der Waals surface area contributed by atoms with Crippen molar-refractivity contribution in [1.82, 2.24) is 0 Å². The Morgan fingerprint density at radius 2 is 1.71 bits per heavy atom. The summed E-state index contributed by atoms with van der Waals surface area (Å²) in [5.41, 5.74) is 2.16. The fourth-order valence-corrected chi connectivity index (χ4v) is 3.03. The molecule has 6 heteroatoms. The van der Waals surface area contributed by atoms with Gasteiger partial charge in [0, 0.05) is 6.07 Å². The highest BCUT2D eigenvalue weighted by molar-refractivity contribution is 6.14. The van der Waals surface area contributed by atoms with E-state index in [9.17, 15) is 9.59 Å². The zero-order chi connectivity index (χ0) is 21.6. The van der Waals surface area contributed by atoms with E-state index in [4.69, 9.17) is 18.9 Å². The smallest absolute Gasteiger partial charge is 0.344 e. The maximum Gasteiger partial charge on any atom is 0.344 e. The first kappa shape index (κ1) is 20.2. The van der Waals surface area contributed by atoms with E-state index in [2.05, 4.69) is 0 Å². The molecule has 0 radical (unpaired) electrons. The van der Waals surface area contributed by atoms with E-state index in [1.54, 1.807) is 31.4 Å². The number of benzene rings is 3. The Morgan fingerprint density at radius 3 is 2.45 bits per heavy atom. The monoisotopic (exact) mass is 416 g/mol. The van der Waals surface area contributed by atoms with E-state index in [1.165, 1.54) is 0 Å². The van der Waals surface area contributed by atoms with Crippen molar-refractivity contribution in [2.24, 2.45) is 0 Å². The van der Waals surface area contributed by atoms with Crippen molar-refractivity contribution in [2.45, 2.75) is 6.61 Å². The first-order chi connectivity index (χ1) is 15.1. The number of methoxy groups -OCH3 is 1. The summed E-state index contributed by atoms with van der Waals surface area (Å²) >= 11 is 0. The third-order valence-electron chi connectivity index (χ3n) is 4.65. The maximum atomic E-state index is 12.6. The Bertz CT molecular complexity index is 1120. The third kappa shape index (κ3) is 4.93. The highest BCUT2D eigenvalue weighted by atomic mass is 16.6. The van der Waals surface area contributed by atoms with Crippen molar-refractivity contribution in [3.05, 3.63) is 95.2 Å². The SMILES string of the molecule is COc1ccc(/C=C2\Oc3cc(OCC(=O)OCc4ccccc4)ccc3C2=O)cc1. The lowest BCUT2D eigenvalue weighted by molar-refractivity contribution is -0.147. The van der Waals surface area contributed by atoms with Crippen LogP contribution in [-0.4, -0.2) is 25.5 Å². The Labute approximate surface area is 179 Å². The summed E-state index contributed by atoms with van der Waals surface area (Å²) in [6, 6.07) is 21.5. The van der Waals surface area contributed by atoms with Crippen LogP contribution in [0.1, 0.15) is 21.5 Å². The number of ether oxygens (including phenoxy) is 4. The van der Waals surface area contributed by atoms with Gasteiger partial charge in [-0.05, 0) is 41.5 Å². The summed E-state index contributed by atoms with van der Waals surface area (Å²) in [5, 5.41) is 0. The third-order valence-corrected chi connectivity index (χ3v) is 4.65. The molecule has 0 bridgehead atoms. The van der Waals surface area contributed by atoms with Crippen molar-refractivity contribution >= 4 is 17.8 Å². The van der Waals surface area contributed by atoms with E-state index in [-0.39, 0.29) is 24.8 Å². The molecular formula is C25H20O6. The van der Waals surface area contributed by atoms with E-state index in [0.29, 0.717) is 17.1 Å². The van der Waals surface area contributed by atoms with Crippen molar-refractivity contribution in [3.63, 3.8) is 0 Å². The molecule has 6 nitrogen and oxygen atoms in total. The minimum absolute atomic E-state index is 0.185. The summed E-state index contributed by atoms with van der Waals surface area (Å²) in [4.78, 5) is 24.5. The number of allylic oxidation sites excluding steroid dienone is 1. The van der Waals surface area contributed by atoms with Crippen molar-refractivity contribution in [3.8, 4) is 17.2 Å². The van der Waals surface area contributed by atoms with Crippen LogP contribution in [0.15, 0.2) is 78.6 Å². The van der Waals surface area contributed by atoms with Crippen LogP contribution >= 0.6 is 0 Å². The van der Waals surface area contributed by atoms with E-state index >= 15 is 0 Å². The first-order valence-electron chi connectivity index (χ1n) is 9.67. The largest absolute Gasteiger partial charge is 0.497 e. The molecule has 4 rings (SSSR count). The predicted octanol–water partition coefficient (Wildman–Crippen LogP) is 4.43. The Hall–Kier alpha value is -4.06. The van der Waals surface area contributed by atoms with Gasteiger partial charge in [0.05, 0.1) is 12.7 Å². The average molecular weight is 416 g/mol. The molecule has 0 fully saturated rings. The number of hydrogen-bond donors (Lipinski definition) is 0. The molecule has 1 aliphatic rings. The molecule has 31 heavy (non-hydrogen) atoms. The minimum Gasteiger partial charge on any atom is -0.497 e. The van der Waals surface area contributed by atoms with Crippen LogP contribution in [0, 0.1) is 0 Å². The first-order valence-corrected chi connectivity index (χ1v) is 9.67. The summed E-state index contributed by atoms with van der Waals surface area (Å²) in [6.07, 6.45) is 1.67. The molecule has 0 aromatic heterocycles. The van der Waals surface area contributed by atoms with Gasteiger partial charge in [-0.1, -0.05) is 42.5 Å². The molecule has 0 spiro atoms. The van der Waals surface area contributed by atoms with Gasteiger partial charge < -0.3 is 18.9 Å². The number of esters is 1. The topological polar surface area (TPSA) is 71.1 Å². The van der Waals surface area contributed by atoms with Crippen molar-refractivity contribution in [1.29, 1.82) is 0 Å². The lowest BCUT2D eigenvalue weighted by Gasteiger charge is -2.08. The van der Waals surface area contributed by atoms with Crippen LogP contribution in [0.5, 0.6) is 17.2 Å². The van der Waals surface area contributed by atoms with Crippen LogP contribution in [0.3, 0.4) is 0 Å². The minimum atomic E-state index is -0.485. The number of ketones is 1. The van der Waals surface area contributed by atoms with E-state index < -0.39 is 5.97 Å². The van der Waals surface area contributed by atoms with Crippen LogP contribution in [0.2, 0.25) is 0 Å². The van der Waals surface area contributed by atoms with Crippen LogP contribution in [0.25, 0.3) is 6.08 Å². The molecule has 0 aliphatic carbocycles. The molecule has 0 saturated heterocycles. The number of carbonyl (C=O) groups excluding carboxylic acids is 2. The molecule has 0 atom stereocenters. The van der Waals surface area contributed by atoms with Crippen LogP contribution in [-0.2, 0) is 16.1 Å². The number of rotatable bonds is 7. The summed E-state index contributed by atoms with van der Waals surface area (Å²) in [7, 11) is 1.59. The number of hydrogen-bond acceptors (Lipinski definition) is 6. The second kappa shape index (κ2) is 9.17. The zero-order valence-electron chi connectivity index (χ0n) is 16.9. The molecule has 0 saturated carbocycles. The van der Waals surface area contributed by atoms with Crippen molar-refractivity contribution in [2.75, 3.05) is 13.7 Å². The van der Waals surface area contributed by atoms with Gasteiger partial charge in [0.1, 0.15) is 23.9 Å². The van der Waals surface area contributed by atoms with Crippen LogP contribution < -0.4 is 14.2 Å². The summed E-state index contributed by atoms with van der Waals surface area (Å²) in [5.74, 6) is 1.06. The summed E-state index contributed by atoms with van der Waals surface area (Å²) < 4.78 is 21.5. The Balaban J connectivity index is 1.36. The quantitative estimate of drug-likeness (QED) is 0.419. The fourth-order valence-electron chi connectivity index (χ4n) is 3.03. The van der Waals surface area contributed by atoms with Gasteiger partial charge in [-0.3, -0.25) is 4.79 Å². The predicted molar refractivity (Wildman–Crippen MR) is 114 cm³/mol. The van der Waals surface area contributed by atoms with Gasteiger partial charge in [0.25, 0.3) is 0 Å². The molecule has 1 heterocycles. The van der Waals surface area contributed by atoms with Crippen LogP contribution in [0.4, 0.5) is 0 Å². The zero-order valence-corrected chi connectivity index (χ0v) is 16.9. The highest BCUT2D eigenvalue weighted by Crippen LogP contribution is 2.35. The van der Waals surface area contributed by atoms with Gasteiger partial charge in [0.2, 0.25) is 5.78 Å². The molecule has 0 unspecified atom stereocenters. The second-order valence-electron chi connectivity index (χ2n) is 6.81. The van der Waals surface area contributed by atoms with E-state index in [1.807, 2.05) is 54.6 Å².